The van der Waals surface area contributed by atoms with Crippen molar-refractivity contribution in [3.63, 3.8) is 0 Å². The van der Waals surface area contributed by atoms with Gasteiger partial charge in [-0.25, -0.2) is 0 Å². The Hall–Kier alpha value is -1.91. The molecule has 17 heavy (non-hydrogen) atoms. The van der Waals surface area contributed by atoms with Gasteiger partial charge in [0.2, 0.25) is 5.91 Å². The van der Waals surface area contributed by atoms with Crippen molar-refractivity contribution >= 4 is 18.1 Å². The van der Waals surface area contributed by atoms with Crippen molar-refractivity contribution in [2.45, 2.75) is 18.9 Å². The van der Waals surface area contributed by atoms with Crippen LogP contribution in [0.4, 0.5) is 0 Å². The van der Waals surface area contributed by atoms with Crippen LogP contribution in [0.1, 0.15) is 12.8 Å². The summed E-state index contributed by atoms with van der Waals surface area (Å²) in [5, 5.41) is 2.49. The van der Waals surface area contributed by atoms with Crippen LogP contribution in [-0.4, -0.2) is 42.6 Å². The summed E-state index contributed by atoms with van der Waals surface area (Å²) in [6.07, 6.45) is 1.29. The minimum atomic E-state index is -0.631. The molecule has 0 saturated carbocycles. The number of nitrogens with one attached hydrogen (secondary N) is 1. The van der Waals surface area contributed by atoms with Crippen LogP contribution in [0.15, 0.2) is 24.3 Å². The summed E-state index contributed by atoms with van der Waals surface area (Å²) in [4.78, 5) is 35.3. The molecule has 1 aliphatic rings. The maximum Gasteiger partial charge on any atom is 0.254 e. The minimum absolute atomic E-state index is 0.237. The van der Waals surface area contributed by atoms with E-state index in [0.717, 1.165) is 6.29 Å². The second-order valence-corrected chi connectivity index (χ2v) is 3.89. The van der Waals surface area contributed by atoms with E-state index in [4.69, 9.17) is 0 Å². The van der Waals surface area contributed by atoms with Gasteiger partial charge in [0, 0.05) is 25.6 Å². The van der Waals surface area contributed by atoms with Crippen molar-refractivity contribution < 1.29 is 14.4 Å². The molecule has 0 aromatic carbocycles. The lowest BCUT2D eigenvalue weighted by Gasteiger charge is -2.25. The van der Waals surface area contributed by atoms with Crippen LogP contribution in [0.25, 0.3) is 0 Å². The first-order chi connectivity index (χ1) is 8.02. The lowest BCUT2D eigenvalue weighted by Crippen LogP contribution is -2.46. The largest absolute Gasteiger partial charge is 0.357 e. The Labute approximate surface area is 100 Å². The third kappa shape index (κ3) is 2.61. The Morgan fingerprint density at radius 3 is 2.65 bits per heavy atom. The molecule has 1 atom stereocenters. The highest BCUT2D eigenvalue weighted by Crippen LogP contribution is 2.23. The second kappa shape index (κ2) is 5.43. The average Bonchev–Trinajstić information content (AvgIpc) is 2.57. The van der Waals surface area contributed by atoms with Crippen LogP contribution in [0, 0.1) is 0 Å². The summed E-state index contributed by atoms with van der Waals surface area (Å²) in [5.41, 5.74) is 0.958. The lowest BCUT2D eigenvalue weighted by atomic mass is 10.1. The number of carbonyl (C=O) groups excluding carboxylic acids is 3. The standard InChI is InChI=1S/C12H16N2O3/c1-8-7-14(12(17)9(8)2)10(5-4-6-15)11(16)13-3/h6,10H,1-2,4-5,7H2,3H3,(H,13,16). The highest BCUT2D eigenvalue weighted by molar-refractivity contribution is 6.03. The van der Waals surface area contributed by atoms with E-state index >= 15 is 0 Å². The predicted molar refractivity (Wildman–Crippen MR) is 63.1 cm³/mol. The average molecular weight is 236 g/mol. The molecule has 1 N–H and O–H groups in total. The molecule has 1 aliphatic heterocycles. The van der Waals surface area contributed by atoms with Crippen LogP contribution in [0.3, 0.4) is 0 Å². The molecule has 5 heteroatoms. The molecule has 0 aromatic heterocycles. The van der Waals surface area contributed by atoms with E-state index in [9.17, 15) is 14.4 Å². The number of carbonyl (C=O) groups is 3. The number of likely N-dealkylation sites (N-methyl/N-ethyl adjacent to an activating group) is 1. The van der Waals surface area contributed by atoms with Crippen LogP contribution in [0.2, 0.25) is 0 Å². The highest BCUT2D eigenvalue weighted by Gasteiger charge is 2.35. The van der Waals surface area contributed by atoms with Crippen LogP contribution < -0.4 is 5.32 Å². The van der Waals surface area contributed by atoms with Gasteiger partial charge in [-0.05, 0) is 12.0 Å². The number of aldehydes is 1. The summed E-state index contributed by atoms with van der Waals surface area (Å²) in [6.45, 7) is 7.64. The zero-order valence-corrected chi connectivity index (χ0v) is 9.86. The zero-order chi connectivity index (χ0) is 13.0. The first-order valence-electron chi connectivity index (χ1n) is 5.36. The first-order valence-corrected chi connectivity index (χ1v) is 5.36. The Morgan fingerprint density at radius 1 is 1.59 bits per heavy atom. The minimum Gasteiger partial charge on any atom is -0.357 e. The topological polar surface area (TPSA) is 66.5 Å². The van der Waals surface area contributed by atoms with Gasteiger partial charge in [0.15, 0.2) is 0 Å². The van der Waals surface area contributed by atoms with Crippen molar-refractivity contribution in [3.05, 3.63) is 24.3 Å². The number of nitrogens with zero attached hydrogens (tertiary/aromatic N) is 1. The first kappa shape index (κ1) is 13.2. The van der Waals surface area contributed by atoms with Gasteiger partial charge >= 0.3 is 0 Å². The van der Waals surface area contributed by atoms with Gasteiger partial charge in [-0.15, -0.1) is 0 Å². The molecule has 1 heterocycles. The molecule has 1 saturated heterocycles. The molecule has 0 aromatic rings. The van der Waals surface area contributed by atoms with Crippen molar-refractivity contribution in [3.8, 4) is 0 Å². The van der Waals surface area contributed by atoms with Crippen molar-refractivity contribution in [1.82, 2.24) is 10.2 Å². The summed E-state index contributed by atoms with van der Waals surface area (Å²) in [6, 6.07) is -0.631. The monoisotopic (exact) mass is 236 g/mol. The molecule has 0 aliphatic carbocycles. The van der Waals surface area contributed by atoms with Crippen LogP contribution in [0.5, 0.6) is 0 Å². The molecule has 92 valence electrons. The number of likely N-dealkylation sites (tertiary alicyclic amines) is 1. The quantitative estimate of drug-likeness (QED) is 0.541. The maximum atomic E-state index is 11.8. The van der Waals surface area contributed by atoms with Gasteiger partial charge in [-0.1, -0.05) is 13.2 Å². The molecule has 5 nitrogen and oxygen atoms in total. The van der Waals surface area contributed by atoms with Crippen molar-refractivity contribution in [1.29, 1.82) is 0 Å². The van der Waals surface area contributed by atoms with E-state index in [1.165, 1.54) is 11.9 Å². The van der Waals surface area contributed by atoms with E-state index in [1.54, 1.807) is 0 Å². The summed E-state index contributed by atoms with van der Waals surface area (Å²) in [7, 11) is 1.50. The Bertz CT molecular complexity index is 387. The second-order valence-electron chi connectivity index (χ2n) is 3.89. The smallest absolute Gasteiger partial charge is 0.254 e. The molecule has 2 amide bonds. The summed E-state index contributed by atoms with van der Waals surface area (Å²) >= 11 is 0. The fourth-order valence-electron chi connectivity index (χ4n) is 1.77. The third-order valence-electron chi connectivity index (χ3n) is 2.79. The summed E-state index contributed by atoms with van der Waals surface area (Å²) < 4.78 is 0. The van der Waals surface area contributed by atoms with Gasteiger partial charge in [-0.2, -0.15) is 0 Å². The van der Waals surface area contributed by atoms with Crippen LogP contribution >= 0.6 is 0 Å². The van der Waals surface area contributed by atoms with Gasteiger partial charge < -0.3 is 15.0 Å². The zero-order valence-electron chi connectivity index (χ0n) is 9.86. The van der Waals surface area contributed by atoms with E-state index in [-0.39, 0.29) is 18.2 Å². The van der Waals surface area contributed by atoms with Crippen molar-refractivity contribution in [2.75, 3.05) is 13.6 Å². The maximum absolute atomic E-state index is 11.8. The molecule has 1 rings (SSSR count). The molecule has 0 bridgehead atoms. The van der Waals surface area contributed by atoms with E-state index < -0.39 is 6.04 Å². The SMILES string of the molecule is C=C1CN(C(CCC=O)C(=O)NC)C(=O)C1=C. The molecule has 1 fully saturated rings. The fourth-order valence-corrected chi connectivity index (χ4v) is 1.77. The predicted octanol–water partition coefficient (Wildman–Crippen LogP) is 0.0347. The fraction of sp³-hybridized carbons (Fsp3) is 0.417. The molecule has 0 spiro atoms. The number of amides is 2. The van der Waals surface area contributed by atoms with Gasteiger partial charge in [0.1, 0.15) is 12.3 Å². The normalized spacial score (nSPS) is 17.2. The van der Waals surface area contributed by atoms with E-state index in [2.05, 4.69) is 18.5 Å². The van der Waals surface area contributed by atoms with Gasteiger partial charge in [0.25, 0.3) is 5.91 Å². The molecule has 1 unspecified atom stereocenters. The Kier molecular flexibility index (Phi) is 4.20. The van der Waals surface area contributed by atoms with Gasteiger partial charge in [0.05, 0.1) is 0 Å². The van der Waals surface area contributed by atoms with E-state index in [1.807, 2.05) is 0 Å². The number of rotatable bonds is 5. The Balaban J connectivity index is 2.87. The van der Waals surface area contributed by atoms with Gasteiger partial charge in [-0.3, -0.25) is 9.59 Å². The van der Waals surface area contributed by atoms with Crippen LogP contribution in [-0.2, 0) is 14.4 Å². The Morgan fingerprint density at radius 2 is 2.24 bits per heavy atom. The molecule has 0 radical (unpaired) electrons. The van der Waals surface area contributed by atoms with Crippen molar-refractivity contribution in [2.24, 2.45) is 0 Å². The number of hydrogen-bond acceptors (Lipinski definition) is 3. The molecular formula is C12H16N2O3. The summed E-state index contributed by atoms with van der Waals surface area (Å²) in [5.74, 6) is -0.558. The number of hydrogen-bond donors (Lipinski definition) is 1. The lowest BCUT2D eigenvalue weighted by molar-refractivity contribution is -0.136. The van der Waals surface area contributed by atoms with E-state index in [0.29, 0.717) is 24.1 Å². The highest BCUT2D eigenvalue weighted by atomic mass is 16.2. The third-order valence-corrected chi connectivity index (χ3v) is 2.79. The molecular weight excluding hydrogens is 220 g/mol.